The summed E-state index contributed by atoms with van der Waals surface area (Å²) in [5.41, 5.74) is 6.89. The molecule has 8 heterocycles. The van der Waals surface area contributed by atoms with Crippen LogP contribution in [0.3, 0.4) is 0 Å². The molecule has 6 aromatic rings. The molecule has 6 aliphatic heterocycles. The molecule has 0 aliphatic carbocycles. The summed E-state index contributed by atoms with van der Waals surface area (Å²) >= 11 is 0. The van der Waals surface area contributed by atoms with Gasteiger partial charge < -0.3 is 43.8 Å². The minimum absolute atomic E-state index is 0. The van der Waals surface area contributed by atoms with E-state index in [-0.39, 0.29) is 45.4 Å². The lowest BCUT2D eigenvalue weighted by molar-refractivity contribution is -0.128. The highest BCUT2D eigenvalue weighted by Gasteiger charge is 2.35. The number of aromatic nitrogens is 4. The first-order valence-electron chi connectivity index (χ1n) is 28.3. The van der Waals surface area contributed by atoms with Crippen molar-refractivity contribution < 1.29 is 14.3 Å². The highest BCUT2D eigenvalue weighted by atomic mass is 32.1. The van der Waals surface area contributed by atoms with Crippen LogP contribution in [0.15, 0.2) is 97.6 Å². The van der Waals surface area contributed by atoms with E-state index in [1.165, 1.54) is 57.4 Å². The first kappa shape index (κ1) is 57.8. The van der Waals surface area contributed by atoms with Gasteiger partial charge in [0.15, 0.2) is 0 Å². The number of piperidine rings is 1. The lowest BCUT2D eigenvalue weighted by Gasteiger charge is -2.42. The van der Waals surface area contributed by atoms with Crippen LogP contribution < -0.4 is 29.1 Å². The Hall–Kier alpha value is -6.83. The average Bonchev–Trinajstić information content (AvgIpc) is 4.14. The molecule has 0 radical (unpaired) electrons. The number of amides is 1. The summed E-state index contributed by atoms with van der Waals surface area (Å²) in [4.78, 5) is 48.4. The first-order chi connectivity index (χ1) is 38.2. The fraction of sp³-hybridized carbons (Fsp3) is 0.468. The van der Waals surface area contributed by atoms with Crippen LogP contribution in [0.4, 0.5) is 23.0 Å². The van der Waals surface area contributed by atoms with Crippen LogP contribution >= 0.6 is 27.0 Å². The van der Waals surface area contributed by atoms with E-state index >= 15 is 0 Å². The Morgan fingerprint density at radius 2 is 1.09 bits per heavy atom. The molecule has 2 aromatic heterocycles. The summed E-state index contributed by atoms with van der Waals surface area (Å²) in [6, 6.07) is 36.2. The maximum Gasteiger partial charge on any atom is 0.318 e. The quantitative estimate of drug-likeness (QED) is 0.101. The molecule has 80 heavy (non-hydrogen) atoms. The standard InChI is InChI=1S/C32H37N7O2.C30H36N6O.2H2S/c1-3-30(40)39-19-18-38(20-24(39)13-15-33)31-27-14-17-37(29-12-6-9-23-8-4-5-11-26(23)29)21-28(27)34-32(35-31)41-22-25-10-7-16-36(25)2;1-34-16-6-10-24(34)21-37-30-32-27-20-35(28-12-4-9-23-8-2-3-11-25(23)28)18-14-26(27)29(33-30)36-17-5-7-22(19-36)13-15-31;;/h3-6,8-9,11-12,24-25H,1,7,10,13-14,16-22H2,2H3;2-4,8-9,11-12,22,24H,5-7,10,13-14,16-21H2,1H3;2*1H2/t24?,25-;22?,24-;;/m00../s1. The third kappa shape index (κ3) is 12.7. The number of benzene rings is 4. The van der Waals surface area contributed by atoms with Crippen LogP contribution in [0.2, 0.25) is 0 Å². The van der Waals surface area contributed by atoms with E-state index in [1.807, 2.05) is 0 Å². The number of anilines is 4. The minimum atomic E-state index is -0.225. The van der Waals surface area contributed by atoms with E-state index in [9.17, 15) is 15.3 Å². The van der Waals surface area contributed by atoms with E-state index in [1.54, 1.807) is 4.90 Å². The zero-order chi connectivity index (χ0) is 53.5. The Bertz CT molecular complexity index is 3210. The number of carbonyl (C=O) groups excluding carboxylic acids is 1. The van der Waals surface area contributed by atoms with Crippen LogP contribution in [-0.2, 0) is 30.7 Å². The number of likely N-dealkylation sites (N-methyl/N-ethyl adjacent to an activating group) is 2. The Morgan fingerprint density at radius 3 is 1.59 bits per heavy atom. The summed E-state index contributed by atoms with van der Waals surface area (Å²) in [6.07, 6.45) is 10.8. The van der Waals surface area contributed by atoms with E-state index in [4.69, 9.17) is 29.4 Å². The largest absolute Gasteiger partial charge is 0.462 e. The maximum atomic E-state index is 12.5. The Labute approximate surface area is 485 Å². The smallest absolute Gasteiger partial charge is 0.318 e. The predicted molar refractivity (Wildman–Crippen MR) is 328 cm³/mol. The highest BCUT2D eigenvalue weighted by molar-refractivity contribution is 7.59. The molecule has 1 amide bonds. The average molecular weight is 1120 g/mol. The Kier molecular flexibility index (Phi) is 19.3. The highest BCUT2D eigenvalue weighted by Crippen LogP contribution is 2.38. The molecule has 0 N–H and O–H groups in total. The molecule has 0 bridgehead atoms. The number of piperazine rings is 1. The number of carbonyl (C=O) groups is 1. The lowest BCUT2D eigenvalue weighted by atomic mass is 9.94. The molecule has 0 saturated carbocycles. The minimum Gasteiger partial charge on any atom is -0.462 e. The number of hydrogen-bond acceptors (Lipinski definition) is 15. The van der Waals surface area contributed by atoms with Gasteiger partial charge in [0.2, 0.25) is 5.91 Å². The van der Waals surface area contributed by atoms with Gasteiger partial charge in [-0.1, -0.05) is 79.4 Å². The number of hydrogen-bond donors (Lipinski definition) is 0. The molecule has 420 valence electrons. The monoisotopic (exact) mass is 1120 g/mol. The summed E-state index contributed by atoms with van der Waals surface area (Å²) in [5, 5.41) is 23.8. The summed E-state index contributed by atoms with van der Waals surface area (Å²) in [5.74, 6) is 2.16. The van der Waals surface area contributed by atoms with Gasteiger partial charge >= 0.3 is 12.0 Å². The fourth-order valence-electron chi connectivity index (χ4n) is 12.8. The van der Waals surface area contributed by atoms with Crippen LogP contribution in [0, 0.1) is 28.6 Å². The van der Waals surface area contributed by atoms with E-state index in [0.29, 0.717) is 75.8 Å². The van der Waals surface area contributed by atoms with Gasteiger partial charge in [-0.05, 0) is 113 Å². The molecule has 4 saturated heterocycles. The van der Waals surface area contributed by atoms with Gasteiger partial charge in [-0.2, -0.15) is 57.5 Å². The van der Waals surface area contributed by atoms with Crippen LogP contribution in [-0.4, -0.2) is 145 Å². The van der Waals surface area contributed by atoms with Gasteiger partial charge in [0, 0.05) is 97.6 Å². The number of ether oxygens (including phenoxy) is 2. The van der Waals surface area contributed by atoms with Crippen molar-refractivity contribution in [3.63, 3.8) is 0 Å². The van der Waals surface area contributed by atoms with Gasteiger partial charge in [-0.25, -0.2) is 0 Å². The summed E-state index contributed by atoms with van der Waals surface area (Å²) < 4.78 is 12.6. The molecule has 18 heteroatoms. The van der Waals surface area contributed by atoms with E-state index < -0.39 is 0 Å². The van der Waals surface area contributed by atoms with Crippen molar-refractivity contribution in [2.75, 3.05) is 106 Å². The number of rotatable bonds is 13. The second-order valence-electron chi connectivity index (χ2n) is 22.0. The van der Waals surface area contributed by atoms with Crippen molar-refractivity contribution in [1.82, 2.24) is 34.6 Å². The molecule has 2 unspecified atom stereocenters. The molecule has 4 atom stereocenters. The van der Waals surface area contributed by atoms with Crippen molar-refractivity contribution >= 4 is 77.5 Å². The van der Waals surface area contributed by atoms with Gasteiger partial charge in [-0.15, -0.1) is 0 Å². The lowest BCUT2D eigenvalue weighted by Crippen LogP contribution is -2.55. The molecule has 4 aromatic carbocycles. The number of nitrogens with zero attached hydrogens (tertiary/aromatic N) is 13. The van der Waals surface area contributed by atoms with Gasteiger partial charge in [-0.3, -0.25) is 4.79 Å². The van der Waals surface area contributed by atoms with Crippen LogP contribution in [0.1, 0.15) is 73.9 Å². The molecule has 6 aliphatic rings. The Morgan fingerprint density at radius 1 is 0.588 bits per heavy atom. The summed E-state index contributed by atoms with van der Waals surface area (Å²) in [6.45, 7) is 13.8. The van der Waals surface area contributed by atoms with Crippen molar-refractivity contribution in [3.8, 4) is 24.2 Å². The first-order valence-corrected chi connectivity index (χ1v) is 28.3. The molecule has 16 nitrogen and oxygen atoms in total. The molecule has 0 spiro atoms. The Balaban J connectivity index is 0.000000190. The molecular formula is C62H77N13O3S2. The normalized spacial score (nSPS) is 21.0. The van der Waals surface area contributed by atoms with Crippen molar-refractivity contribution in [1.29, 1.82) is 10.5 Å². The number of likely N-dealkylation sites (tertiary alicyclic amines) is 2. The van der Waals surface area contributed by atoms with E-state index in [0.717, 1.165) is 113 Å². The predicted octanol–water partition coefficient (Wildman–Crippen LogP) is 8.80. The summed E-state index contributed by atoms with van der Waals surface area (Å²) in [7, 11) is 4.31. The zero-order valence-corrected chi connectivity index (χ0v) is 48.5. The SMILES string of the molecule is C=CC(=O)N1CCN(c2nc(OC[C@@H]3CCCN3C)nc3c2CCN(c2cccc4ccccc24)C3)CC1CC#N.CN1CCC[C@H]1COc1nc2c(c(N3CCCC(CC#N)C3)n1)CCN(c1cccc3ccccc13)C2.S.S. The molecular weight excluding hydrogens is 1040 g/mol. The zero-order valence-electron chi connectivity index (χ0n) is 46.5. The number of fused-ring (bicyclic) bond motifs is 4. The third-order valence-corrected chi connectivity index (χ3v) is 17.2. The van der Waals surface area contributed by atoms with Gasteiger partial charge in [0.05, 0.1) is 49.1 Å². The van der Waals surface area contributed by atoms with Crippen molar-refractivity contribution in [3.05, 3.63) is 120 Å². The van der Waals surface area contributed by atoms with Crippen molar-refractivity contribution in [2.45, 2.75) is 95.4 Å². The van der Waals surface area contributed by atoms with E-state index in [2.05, 4.69) is 147 Å². The second kappa shape index (κ2) is 26.6. The topological polar surface area (TPSA) is 157 Å². The van der Waals surface area contributed by atoms with Crippen LogP contribution in [0.5, 0.6) is 12.0 Å². The molecule has 12 rings (SSSR count). The van der Waals surface area contributed by atoms with Gasteiger partial charge in [0.25, 0.3) is 0 Å². The maximum absolute atomic E-state index is 12.5. The third-order valence-electron chi connectivity index (χ3n) is 17.2. The van der Waals surface area contributed by atoms with Crippen molar-refractivity contribution in [2.24, 2.45) is 5.92 Å². The molecule has 4 fully saturated rings. The fourth-order valence-corrected chi connectivity index (χ4v) is 12.8. The second-order valence-corrected chi connectivity index (χ2v) is 22.0. The van der Waals surface area contributed by atoms with Gasteiger partial charge in [0.1, 0.15) is 24.8 Å². The van der Waals surface area contributed by atoms with Crippen LogP contribution in [0.25, 0.3) is 21.5 Å². The number of nitriles is 2.